The molecule has 1 aromatic carbocycles. The Bertz CT molecular complexity index is 429. The van der Waals surface area contributed by atoms with Gasteiger partial charge in [-0.05, 0) is 18.6 Å². The molecule has 0 radical (unpaired) electrons. The summed E-state index contributed by atoms with van der Waals surface area (Å²) in [5, 5.41) is 0. The van der Waals surface area contributed by atoms with Crippen LogP contribution in [0.1, 0.15) is 12.5 Å². The SMILES string of the molecule is Cc1ccccc1S(=O)(=O)NCC(C)Br. The molecule has 0 aliphatic carbocycles. The van der Waals surface area contributed by atoms with Crippen LogP contribution in [0.2, 0.25) is 0 Å². The predicted molar refractivity (Wildman–Crippen MR) is 64.8 cm³/mol. The largest absolute Gasteiger partial charge is 0.240 e. The highest BCUT2D eigenvalue weighted by Gasteiger charge is 2.15. The number of nitrogens with one attached hydrogen (secondary N) is 1. The van der Waals surface area contributed by atoms with Crippen LogP contribution in [0.15, 0.2) is 29.2 Å². The van der Waals surface area contributed by atoms with Crippen LogP contribution < -0.4 is 4.72 Å². The van der Waals surface area contributed by atoms with Gasteiger partial charge >= 0.3 is 0 Å². The number of alkyl halides is 1. The van der Waals surface area contributed by atoms with Gasteiger partial charge in [-0.3, -0.25) is 0 Å². The van der Waals surface area contributed by atoms with Crippen LogP contribution in [0, 0.1) is 6.92 Å². The molecular formula is C10H14BrNO2S. The number of sulfonamides is 1. The molecule has 0 bridgehead atoms. The van der Waals surface area contributed by atoms with Crippen molar-refractivity contribution in [2.75, 3.05) is 6.54 Å². The second kappa shape index (κ2) is 5.09. The molecule has 1 unspecified atom stereocenters. The van der Waals surface area contributed by atoms with Crippen molar-refractivity contribution >= 4 is 26.0 Å². The molecule has 0 saturated carbocycles. The van der Waals surface area contributed by atoms with Crippen LogP contribution in [0.25, 0.3) is 0 Å². The zero-order chi connectivity index (χ0) is 11.5. The second-order valence-corrected chi connectivity index (χ2v) is 6.70. The summed E-state index contributed by atoms with van der Waals surface area (Å²) >= 11 is 3.29. The van der Waals surface area contributed by atoms with E-state index in [1.165, 1.54) is 0 Å². The third-order valence-electron chi connectivity index (χ3n) is 1.94. The van der Waals surface area contributed by atoms with E-state index in [-0.39, 0.29) is 4.83 Å². The number of halogens is 1. The minimum absolute atomic E-state index is 0.122. The van der Waals surface area contributed by atoms with Crippen LogP contribution in [-0.2, 0) is 10.0 Å². The van der Waals surface area contributed by atoms with Crippen molar-refractivity contribution in [1.82, 2.24) is 4.72 Å². The van der Waals surface area contributed by atoms with Crippen molar-refractivity contribution in [2.45, 2.75) is 23.6 Å². The second-order valence-electron chi connectivity index (χ2n) is 3.40. The average molecular weight is 292 g/mol. The molecule has 1 aromatic rings. The summed E-state index contributed by atoms with van der Waals surface area (Å²) in [5.74, 6) is 0. The summed E-state index contributed by atoms with van der Waals surface area (Å²) < 4.78 is 26.2. The minimum Gasteiger partial charge on any atom is -0.210 e. The molecule has 0 spiro atoms. The van der Waals surface area contributed by atoms with Gasteiger partial charge in [0.25, 0.3) is 0 Å². The fraction of sp³-hybridized carbons (Fsp3) is 0.400. The van der Waals surface area contributed by atoms with E-state index in [0.717, 1.165) is 5.56 Å². The number of benzene rings is 1. The zero-order valence-electron chi connectivity index (χ0n) is 8.70. The van der Waals surface area contributed by atoms with E-state index in [4.69, 9.17) is 0 Å². The van der Waals surface area contributed by atoms with Gasteiger partial charge in [-0.2, -0.15) is 0 Å². The fourth-order valence-corrected chi connectivity index (χ4v) is 2.91. The normalized spacial score (nSPS) is 13.8. The molecule has 0 saturated heterocycles. The molecule has 3 nitrogen and oxygen atoms in total. The quantitative estimate of drug-likeness (QED) is 0.863. The van der Waals surface area contributed by atoms with Crippen LogP contribution in [0.3, 0.4) is 0 Å². The van der Waals surface area contributed by atoms with Gasteiger partial charge in [-0.25, -0.2) is 13.1 Å². The van der Waals surface area contributed by atoms with Crippen molar-refractivity contribution in [3.63, 3.8) is 0 Å². The Balaban J connectivity index is 2.92. The first-order valence-electron chi connectivity index (χ1n) is 4.63. The molecule has 1 rings (SSSR count). The predicted octanol–water partition coefficient (Wildman–Crippen LogP) is 2.06. The van der Waals surface area contributed by atoms with Gasteiger partial charge in [0, 0.05) is 11.4 Å². The van der Waals surface area contributed by atoms with Gasteiger partial charge in [0.2, 0.25) is 10.0 Å². The number of rotatable bonds is 4. The fourth-order valence-electron chi connectivity index (χ4n) is 1.16. The number of aryl methyl sites for hydroxylation is 1. The van der Waals surface area contributed by atoms with Gasteiger partial charge in [0.15, 0.2) is 0 Å². The summed E-state index contributed by atoms with van der Waals surface area (Å²) in [6, 6.07) is 6.93. The Labute approximate surface area is 99.1 Å². The Morgan fingerprint density at radius 3 is 2.53 bits per heavy atom. The van der Waals surface area contributed by atoms with Crippen LogP contribution >= 0.6 is 15.9 Å². The molecule has 0 aliphatic rings. The van der Waals surface area contributed by atoms with E-state index in [2.05, 4.69) is 20.7 Å². The first-order valence-corrected chi connectivity index (χ1v) is 7.03. The van der Waals surface area contributed by atoms with Crippen molar-refractivity contribution < 1.29 is 8.42 Å². The Morgan fingerprint density at radius 1 is 1.40 bits per heavy atom. The summed E-state index contributed by atoms with van der Waals surface area (Å²) in [4.78, 5) is 0.467. The van der Waals surface area contributed by atoms with E-state index >= 15 is 0 Å². The summed E-state index contributed by atoms with van der Waals surface area (Å²) in [6.07, 6.45) is 0. The molecule has 0 aliphatic heterocycles. The van der Waals surface area contributed by atoms with Crippen LogP contribution in [0.5, 0.6) is 0 Å². The molecular weight excluding hydrogens is 278 g/mol. The highest BCUT2D eigenvalue weighted by Crippen LogP contribution is 2.13. The standard InChI is InChI=1S/C10H14BrNO2S/c1-8-5-3-4-6-10(8)15(13,14)12-7-9(2)11/h3-6,9,12H,7H2,1-2H3. The van der Waals surface area contributed by atoms with Crippen molar-refractivity contribution in [3.8, 4) is 0 Å². The monoisotopic (exact) mass is 291 g/mol. The molecule has 0 aromatic heterocycles. The zero-order valence-corrected chi connectivity index (χ0v) is 11.1. The molecule has 0 amide bonds. The molecule has 5 heteroatoms. The summed E-state index contributed by atoms with van der Waals surface area (Å²) in [5.41, 5.74) is 0.757. The van der Waals surface area contributed by atoms with E-state index < -0.39 is 10.0 Å². The lowest BCUT2D eigenvalue weighted by Gasteiger charge is -2.09. The smallest absolute Gasteiger partial charge is 0.210 e. The van der Waals surface area contributed by atoms with Crippen molar-refractivity contribution in [1.29, 1.82) is 0 Å². The van der Waals surface area contributed by atoms with E-state index in [1.807, 2.05) is 13.0 Å². The van der Waals surface area contributed by atoms with Gasteiger partial charge in [0.1, 0.15) is 0 Å². The Morgan fingerprint density at radius 2 is 2.00 bits per heavy atom. The number of hydrogen-bond donors (Lipinski definition) is 1. The molecule has 84 valence electrons. The third-order valence-corrected chi connectivity index (χ3v) is 3.85. The lowest BCUT2D eigenvalue weighted by molar-refractivity contribution is 0.581. The molecule has 0 heterocycles. The maximum atomic E-state index is 11.8. The molecule has 1 N–H and O–H groups in total. The van der Waals surface area contributed by atoms with Crippen LogP contribution in [-0.4, -0.2) is 19.8 Å². The highest BCUT2D eigenvalue weighted by atomic mass is 79.9. The molecule has 1 atom stereocenters. The minimum atomic E-state index is -3.37. The highest BCUT2D eigenvalue weighted by molar-refractivity contribution is 9.09. The lowest BCUT2D eigenvalue weighted by atomic mass is 10.2. The maximum Gasteiger partial charge on any atom is 0.240 e. The first-order chi connectivity index (χ1) is 6.93. The summed E-state index contributed by atoms with van der Waals surface area (Å²) in [6.45, 7) is 4.06. The van der Waals surface area contributed by atoms with Gasteiger partial charge < -0.3 is 0 Å². The Kier molecular flexibility index (Phi) is 4.31. The first kappa shape index (κ1) is 12.7. The lowest BCUT2D eigenvalue weighted by Crippen LogP contribution is -2.29. The van der Waals surface area contributed by atoms with E-state index in [9.17, 15) is 8.42 Å². The van der Waals surface area contributed by atoms with Crippen LogP contribution in [0.4, 0.5) is 0 Å². The van der Waals surface area contributed by atoms with Gasteiger partial charge in [-0.15, -0.1) is 0 Å². The maximum absolute atomic E-state index is 11.8. The topological polar surface area (TPSA) is 46.2 Å². The van der Waals surface area contributed by atoms with Gasteiger partial charge in [-0.1, -0.05) is 41.1 Å². The average Bonchev–Trinajstić information content (AvgIpc) is 2.15. The third kappa shape index (κ3) is 3.59. The molecule has 0 fully saturated rings. The van der Waals surface area contributed by atoms with Gasteiger partial charge in [0.05, 0.1) is 4.90 Å². The molecule has 15 heavy (non-hydrogen) atoms. The Hall–Kier alpha value is -0.390. The van der Waals surface area contributed by atoms with E-state index in [0.29, 0.717) is 11.4 Å². The summed E-state index contributed by atoms with van der Waals surface area (Å²) in [7, 11) is -3.37. The van der Waals surface area contributed by atoms with Crippen molar-refractivity contribution in [2.24, 2.45) is 0 Å². The van der Waals surface area contributed by atoms with E-state index in [1.54, 1.807) is 25.1 Å². The van der Waals surface area contributed by atoms with Crippen molar-refractivity contribution in [3.05, 3.63) is 29.8 Å². The number of hydrogen-bond acceptors (Lipinski definition) is 2.